The van der Waals surface area contributed by atoms with Crippen molar-refractivity contribution in [3.8, 4) is 0 Å². The quantitative estimate of drug-likeness (QED) is 0.390. The monoisotopic (exact) mass is 264 g/mol. The van der Waals surface area contributed by atoms with E-state index in [0.717, 1.165) is 18.0 Å². The van der Waals surface area contributed by atoms with Crippen molar-refractivity contribution < 1.29 is 13.9 Å². The number of benzene rings is 1. The fourth-order valence-corrected chi connectivity index (χ4v) is 2.33. The Morgan fingerprint density at radius 1 is 1.28 bits per heavy atom. The second kappa shape index (κ2) is 9.05. The molecule has 0 N–H and O–H groups in total. The first-order valence-electron chi connectivity index (χ1n) is 5.92. The van der Waals surface area contributed by atoms with Gasteiger partial charge in [-0.05, 0) is 23.6 Å². The van der Waals surface area contributed by atoms with Gasteiger partial charge in [-0.15, -0.1) is 0 Å². The van der Waals surface area contributed by atoms with E-state index < -0.39 is 0 Å². The molecule has 0 saturated carbocycles. The molecular formula is C14H20O3Si. The molecule has 1 aromatic rings. The topological polar surface area (TPSA) is 27.7 Å². The van der Waals surface area contributed by atoms with E-state index in [2.05, 4.69) is 12.6 Å². The molecule has 0 aromatic heterocycles. The summed E-state index contributed by atoms with van der Waals surface area (Å²) in [6, 6.07) is 9.07. The van der Waals surface area contributed by atoms with Gasteiger partial charge >= 0.3 is 0 Å². The van der Waals surface area contributed by atoms with Gasteiger partial charge in [0.2, 0.25) is 9.76 Å². The lowest BCUT2D eigenvalue weighted by Gasteiger charge is -2.12. The van der Waals surface area contributed by atoms with E-state index in [0.29, 0.717) is 16.4 Å². The maximum Gasteiger partial charge on any atom is 0.230 e. The van der Waals surface area contributed by atoms with Crippen LogP contribution in [0.4, 0.5) is 0 Å². The Kier molecular flexibility index (Phi) is 7.60. The third-order valence-electron chi connectivity index (χ3n) is 2.61. The molecule has 18 heavy (non-hydrogen) atoms. The summed E-state index contributed by atoms with van der Waals surface area (Å²) in [5.74, 6) is 0. The Morgan fingerprint density at radius 3 is 2.67 bits per heavy atom. The van der Waals surface area contributed by atoms with Gasteiger partial charge in [0, 0.05) is 14.2 Å². The number of methoxy groups -OCH3 is 2. The second-order valence-corrected chi connectivity index (χ2v) is 4.85. The average molecular weight is 264 g/mol. The van der Waals surface area contributed by atoms with Crippen LogP contribution in [0.1, 0.15) is 17.5 Å². The molecule has 0 amide bonds. The van der Waals surface area contributed by atoms with Gasteiger partial charge in [0.25, 0.3) is 0 Å². The maximum atomic E-state index is 5.67. The zero-order chi connectivity index (χ0) is 13.2. The summed E-state index contributed by atoms with van der Waals surface area (Å²) in [7, 11) is 3.76. The molecule has 2 radical (unpaired) electrons. The van der Waals surface area contributed by atoms with Crippen molar-refractivity contribution in [2.45, 2.75) is 25.4 Å². The van der Waals surface area contributed by atoms with E-state index in [1.54, 1.807) is 14.2 Å². The molecule has 98 valence electrons. The first kappa shape index (κ1) is 15.1. The van der Waals surface area contributed by atoms with Gasteiger partial charge in [0.15, 0.2) is 6.29 Å². The van der Waals surface area contributed by atoms with Crippen LogP contribution in [0.25, 0.3) is 6.08 Å². The van der Waals surface area contributed by atoms with E-state index in [1.807, 2.05) is 24.3 Å². The number of rotatable bonds is 9. The van der Waals surface area contributed by atoms with Crippen LogP contribution in [0, 0.1) is 0 Å². The molecule has 0 aliphatic carbocycles. The molecule has 0 aliphatic heterocycles. The predicted octanol–water partition coefficient (Wildman–Crippen LogP) is 2.89. The van der Waals surface area contributed by atoms with Gasteiger partial charge in [-0.25, -0.2) is 0 Å². The lowest BCUT2D eigenvalue weighted by Crippen LogP contribution is -2.14. The van der Waals surface area contributed by atoms with E-state index in [-0.39, 0.29) is 6.29 Å². The largest absolute Gasteiger partial charge is 0.413 e. The molecule has 0 atom stereocenters. The number of ether oxygens (including phenoxy) is 2. The molecule has 0 spiro atoms. The Morgan fingerprint density at radius 2 is 2.00 bits per heavy atom. The van der Waals surface area contributed by atoms with E-state index >= 15 is 0 Å². The third-order valence-corrected chi connectivity index (χ3v) is 3.45. The van der Waals surface area contributed by atoms with Gasteiger partial charge in [0.1, 0.15) is 0 Å². The highest BCUT2D eigenvalue weighted by atomic mass is 28.2. The van der Waals surface area contributed by atoms with Crippen LogP contribution in [0.2, 0.25) is 6.04 Å². The Hall–Kier alpha value is -0.943. The zero-order valence-electron chi connectivity index (χ0n) is 11.0. The fraction of sp³-hybridized carbons (Fsp3) is 0.429. The summed E-state index contributed by atoms with van der Waals surface area (Å²) in [4.78, 5) is 0. The van der Waals surface area contributed by atoms with Crippen LogP contribution in [-0.4, -0.2) is 30.3 Å². The molecule has 0 fully saturated rings. The second-order valence-electron chi connectivity index (χ2n) is 3.78. The van der Waals surface area contributed by atoms with E-state index in [9.17, 15) is 0 Å². The number of hydrogen-bond acceptors (Lipinski definition) is 3. The van der Waals surface area contributed by atoms with Gasteiger partial charge in [0.05, 0.1) is 6.61 Å². The minimum absolute atomic E-state index is 0.124. The average Bonchev–Trinajstić information content (AvgIpc) is 2.43. The van der Waals surface area contributed by atoms with Crippen LogP contribution in [0.5, 0.6) is 0 Å². The summed E-state index contributed by atoms with van der Waals surface area (Å²) in [6.07, 6.45) is 2.59. The van der Waals surface area contributed by atoms with Gasteiger partial charge in [-0.3, -0.25) is 0 Å². The highest BCUT2D eigenvalue weighted by Gasteiger charge is 2.05. The number of hydrogen-bond donors (Lipinski definition) is 0. The Labute approximate surface area is 112 Å². The van der Waals surface area contributed by atoms with Crippen molar-refractivity contribution in [1.82, 2.24) is 0 Å². The maximum absolute atomic E-state index is 5.67. The van der Waals surface area contributed by atoms with Crippen LogP contribution in [0.3, 0.4) is 0 Å². The highest BCUT2D eigenvalue weighted by Crippen LogP contribution is 2.11. The molecule has 0 unspecified atom stereocenters. The van der Waals surface area contributed by atoms with Crippen LogP contribution >= 0.6 is 0 Å². The van der Waals surface area contributed by atoms with Crippen molar-refractivity contribution in [1.29, 1.82) is 0 Å². The minimum Gasteiger partial charge on any atom is -0.413 e. The van der Waals surface area contributed by atoms with Gasteiger partial charge < -0.3 is 13.9 Å². The molecule has 1 rings (SSSR count). The Bertz CT molecular complexity index is 351. The van der Waals surface area contributed by atoms with Crippen molar-refractivity contribution in [2.75, 3.05) is 14.2 Å². The molecular weight excluding hydrogens is 244 g/mol. The van der Waals surface area contributed by atoms with Gasteiger partial charge in [-0.2, -0.15) is 0 Å². The SMILES string of the molecule is C=Cc1ccccc1CO[Si]CCC(OC)OC. The highest BCUT2D eigenvalue weighted by molar-refractivity contribution is 6.26. The van der Waals surface area contributed by atoms with Crippen LogP contribution in [-0.2, 0) is 20.5 Å². The summed E-state index contributed by atoms with van der Waals surface area (Å²) in [6.45, 7) is 4.43. The molecule has 1 aromatic carbocycles. The van der Waals surface area contributed by atoms with Crippen molar-refractivity contribution in [3.63, 3.8) is 0 Å². The van der Waals surface area contributed by atoms with E-state index in [4.69, 9.17) is 13.9 Å². The van der Waals surface area contributed by atoms with Crippen molar-refractivity contribution >= 4 is 15.8 Å². The van der Waals surface area contributed by atoms with Crippen LogP contribution < -0.4 is 0 Å². The lowest BCUT2D eigenvalue weighted by molar-refractivity contribution is -0.103. The molecule has 0 aliphatic rings. The first-order valence-corrected chi connectivity index (χ1v) is 7.04. The standard InChI is InChI=1S/C14H20O3Si/c1-4-12-7-5-6-8-13(12)11-17-18-10-9-14(15-2)16-3/h4-8,14H,1,9-11H2,2-3H3. The van der Waals surface area contributed by atoms with Crippen LogP contribution in [0.15, 0.2) is 30.8 Å². The zero-order valence-corrected chi connectivity index (χ0v) is 12.0. The summed E-state index contributed by atoms with van der Waals surface area (Å²) in [5.41, 5.74) is 2.31. The molecule has 3 nitrogen and oxygen atoms in total. The molecule has 0 saturated heterocycles. The summed E-state index contributed by atoms with van der Waals surface area (Å²) >= 11 is 0. The predicted molar refractivity (Wildman–Crippen MR) is 74.3 cm³/mol. The smallest absolute Gasteiger partial charge is 0.230 e. The van der Waals surface area contributed by atoms with Gasteiger partial charge in [-0.1, -0.05) is 36.9 Å². The minimum atomic E-state index is -0.124. The Balaban J connectivity index is 2.23. The normalized spacial score (nSPS) is 10.8. The molecule has 0 heterocycles. The third kappa shape index (κ3) is 5.14. The van der Waals surface area contributed by atoms with Crippen molar-refractivity contribution in [2.24, 2.45) is 0 Å². The van der Waals surface area contributed by atoms with E-state index in [1.165, 1.54) is 5.56 Å². The molecule has 0 bridgehead atoms. The first-order chi connectivity index (χ1) is 8.81. The fourth-order valence-electron chi connectivity index (χ4n) is 1.57. The lowest BCUT2D eigenvalue weighted by atomic mass is 10.1. The summed E-state index contributed by atoms with van der Waals surface area (Å²) in [5, 5.41) is 0. The van der Waals surface area contributed by atoms with Crippen molar-refractivity contribution in [3.05, 3.63) is 42.0 Å². The summed E-state index contributed by atoms with van der Waals surface area (Å²) < 4.78 is 15.9. The molecule has 4 heteroatoms.